The van der Waals surface area contributed by atoms with E-state index in [1.807, 2.05) is 0 Å². The number of carbonyl (C=O) groups excluding carboxylic acids is 2. The molecule has 0 radical (unpaired) electrons. The van der Waals surface area contributed by atoms with E-state index in [2.05, 4.69) is 0 Å². The Labute approximate surface area is 188 Å². The maximum atomic E-state index is 12.8. The number of hydrogen-bond donors (Lipinski definition) is 1. The zero-order chi connectivity index (χ0) is 23.4. The van der Waals surface area contributed by atoms with Gasteiger partial charge in [-0.3, -0.25) is 4.79 Å². The molecule has 32 heavy (non-hydrogen) atoms. The number of para-hydroxylation sites is 1. The molecular formula is C23H21ClN2O6. The summed E-state index contributed by atoms with van der Waals surface area (Å²) < 4.78 is 16.0. The van der Waals surface area contributed by atoms with E-state index in [-0.39, 0.29) is 22.8 Å². The molecule has 1 aliphatic rings. The van der Waals surface area contributed by atoms with Crippen LogP contribution >= 0.6 is 11.6 Å². The minimum atomic E-state index is -0.806. The molecule has 1 amide bonds. The van der Waals surface area contributed by atoms with E-state index in [9.17, 15) is 14.4 Å². The third-order valence-electron chi connectivity index (χ3n) is 4.67. The minimum Gasteiger partial charge on any atom is -0.465 e. The zero-order valence-electron chi connectivity index (χ0n) is 17.6. The second kappa shape index (κ2) is 9.57. The molecule has 4 rings (SSSR count). The van der Waals surface area contributed by atoms with Crippen molar-refractivity contribution < 1.29 is 23.5 Å². The van der Waals surface area contributed by atoms with Gasteiger partial charge in [-0.05, 0) is 29.8 Å². The molecule has 2 aromatic carbocycles. The number of esters is 1. The molecule has 3 aromatic rings. The number of halogens is 1. The van der Waals surface area contributed by atoms with E-state index >= 15 is 0 Å². The number of ether oxygens (including phenoxy) is 2. The highest BCUT2D eigenvalue weighted by Crippen LogP contribution is 2.44. The van der Waals surface area contributed by atoms with Crippen LogP contribution < -0.4 is 16.1 Å². The second-order valence-corrected chi connectivity index (χ2v) is 7.49. The number of benzene rings is 2. The average molecular weight is 457 g/mol. The van der Waals surface area contributed by atoms with Crippen LogP contribution in [0.1, 0.15) is 17.0 Å². The third kappa shape index (κ3) is 4.45. The minimum absolute atomic E-state index is 0.0369. The number of carbonyl (C=O) groups is 2. The van der Waals surface area contributed by atoms with Gasteiger partial charge in [0, 0.05) is 19.1 Å². The Morgan fingerprint density at radius 2 is 1.78 bits per heavy atom. The van der Waals surface area contributed by atoms with Gasteiger partial charge < -0.3 is 24.5 Å². The summed E-state index contributed by atoms with van der Waals surface area (Å²) in [4.78, 5) is 36.1. The lowest BCUT2D eigenvalue weighted by Crippen LogP contribution is -2.30. The standard InChI is InChI=1S/C20H14ClNO5.C3H7NO/c1-25-19(23)16-14(10-6-8-11(21)9-7-10)15-17(27-18(16)22)12-4-2-3-5-13(12)26-20(15)24;1-4(2)3-5/h2-9,14H,22H2,1H3;3H,1-2H3/t14-;/m0./s1. The number of nitrogens with zero attached hydrogens (tertiary/aromatic N) is 1. The first-order valence-electron chi connectivity index (χ1n) is 9.47. The van der Waals surface area contributed by atoms with Crippen molar-refractivity contribution in [3.63, 3.8) is 0 Å². The fourth-order valence-corrected chi connectivity index (χ4v) is 3.39. The lowest BCUT2D eigenvalue weighted by atomic mass is 9.83. The summed E-state index contributed by atoms with van der Waals surface area (Å²) in [7, 11) is 4.61. The molecule has 2 heterocycles. The Bertz CT molecular complexity index is 1250. The molecule has 1 aromatic heterocycles. The quantitative estimate of drug-likeness (QED) is 0.366. The van der Waals surface area contributed by atoms with E-state index in [0.717, 1.165) is 6.41 Å². The number of hydrogen-bond acceptors (Lipinski definition) is 7. The van der Waals surface area contributed by atoms with Crippen LogP contribution in [0.3, 0.4) is 0 Å². The van der Waals surface area contributed by atoms with Gasteiger partial charge in [-0.25, -0.2) is 9.59 Å². The lowest BCUT2D eigenvalue weighted by Gasteiger charge is -2.27. The first kappa shape index (κ1) is 22.9. The van der Waals surface area contributed by atoms with Crippen molar-refractivity contribution in [2.24, 2.45) is 5.73 Å². The van der Waals surface area contributed by atoms with Gasteiger partial charge >= 0.3 is 11.6 Å². The smallest absolute Gasteiger partial charge is 0.344 e. The molecule has 0 fully saturated rings. The predicted molar refractivity (Wildman–Crippen MR) is 119 cm³/mol. The van der Waals surface area contributed by atoms with Gasteiger partial charge in [0.25, 0.3) is 0 Å². The summed E-state index contributed by atoms with van der Waals surface area (Å²) in [5, 5.41) is 1.10. The van der Waals surface area contributed by atoms with Gasteiger partial charge in [0.1, 0.15) is 11.2 Å². The number of fused-ring (bicyclic) bond motifs is 3. The van der Waals surface area contributed by atoms with Crippen LogP contribution in [-0.4, -0.2) is 38.5 Å². The largest absolute Gasteiger partial charge is 0.465 e. The average Bonchev–Trinajstić information content (AvgIpc) is 2.78. The van der Waals surface area contributed by atoms with Crippen LogP contribution in [-0.2, 0) is 14.3 Å². The maximum absolute atomic E-state index is 12.8. The van der Waals surface area contributed by atoms with E-state index in [4.69, 9.17) is 31.2 Å². The van der Waals surface area contributed by atoms with Crippen LogP contribution in [0, 0.1) is 0 Å². The fraction of sp³-hybridized carbons (Fsp3) is 0.174. The molecule has 0 saturated heterocycles. The van der Waals surface area contributed by atoms with Crippen molar-refractivity contribution in [2.75, 3.05) is 21.2 Å². The van der Waals surface area contributed by atoms with Crippen LogP contribution in [0.15, 0.2) is 69.2 Å². The number of amides is 1. The maximum Gasteiger partial charge on any atom is 0.344 e. The first-order chi connectivity index (χ1) is 15.3. The fourth-order valence-electron chi connectivity index (χ4n) is 3.26. The SMILES string of the molecule is CN(C)C=O.COC(=O)C1=C(N)Oc2c(c(=O)oc3ccccc23)[C@@H]1c1ccc(Cl)cc1. The summed E-state index contributed by atoms with van der Waals surface area (Å²) in [6, 6.07) is 13.7. The zero-order valence-corrected chi connectivity index (χ0v) is 18.4. The Morgan fingerprint density at radius 3 is 2.38 bits per heavy atom. The molecule has 8 nitrogen and oxygen atoms in total. The van der Waals surface area contributed by atoms with Crippen LogP contribution in [0.4, 0.5) is 0 Å². The van der Waals surface area contributed by atoms with Gasteiger partial charge in [0.05, 0.1) is 24.0 Å². The predicted octanol–water partition coefficient (Wildman–Crippen LogP) is 3.02. The lowest BCUT2D eigenvalue weighted by molar-refractivity contribution is -0.136. The van der Waals surface area contributed by atoms with Crippen molar-refractivity contribution in [3.05, 3.63) is 86.6 Å². The van der Waals surface area contributed by atoms with Crippen LogP contribution in [0.2, 0.25) is 5.02 Å². The molecule has 0 saturated carbocycles. The van der Waals surface area contributed by atoms with Crippen molar-refractivity contribution in [3.8, 4) is 5.75 Å². The van der Waals surface area contributed by atoms with E-state index < -0.39 is 17.5 Å². The van der Waals surface area contributed by atoms with Crippen LogP contribution in [0.5, 0.6) is 5.75 Å². The van der Waals surface area contributed by atoms with E-state index in [1.54, 1.807) is 62.6 Å². The van der Waals surface area contributed by atoms with Crippen molar-refractivity contribution in [1.29, 1.82) is 0 Å². The van der Waals surface area contributed by atoms with Gasteiger partial charge in [0.15, 0.2) is 5.75 Å². The summed E-state index contributed by atoms with van der Waals surface area (Å²) in [6.45, 7) is 0. The third-order valence-corrected chi connectivity index (χ3v) is 4.93. The molecule has 0 spiro atoms. The van der Waals surface area contributed by atoms with Crippen molar-refractivity contribution >= 4 is 34.9 Å². The van der Waals surface area contributed by atoms with Gasteiger partial charge in [-0.15, -0.1) is 0 Å². The topological polar surface area (TPSA) is 112 Å². The molecule has 1 aliphatic heterocycles. The molecular weight excluding hydrogens is 436 g/mol. The highest BCUT2D eigenvalue weighted by Gasteiger charge is 2.39. The molecule has 0 bridgehead atoms. The number of rotatable bonds is 3. The Balaban J connectivity index is 0.000000523. The molecule has 0 aliphatic carbocycles. The summed E-state index contributed by atoms with van der Waals surface area (Å²) in [6.07, 6.45) is 0.750. The highest BCUT2D eigenvalue weighted by molar-refractivity contribution is 6.30. The van der Waals surface area contributed by atoms with Gasteiger partial charge in [-0.1, -0.05) is 35.9 Å². The van der Waals surface area contributed by atoms with Gasteiger partial charge in [0.2, 0.25) is 12.3 Å². The molecule has 166 valence electrons. The molecule has 9 heteroatoms. The summed E-state index contributed by atoms with van der Waals surface area (Å²) >= 11 is 5.98. The monoisotopic (exact) mass is 456 g/mol. The van der Waals surface area contributed by atoms with E-state index in [0.29, 0.717) is 21.6 Å². The summed E-state index contributed by atoms with van der Waals surface area (Å²) in [5.41, 5.74) is 6.68. The molecule has 2 N–H and O–H groups in total. The van der Waals surface area contributed by atoms with E-state index in [1.165, 1.54) is 12.0 Å². The van der Waals surface area contributed by atoms with Crippen molar-refractivity contribution in [1.82, 2.24) is 4.90 Å². The second-order valence-electron chi connectivity index (χ2n) is 7.05. The van der Waals surface area contributed by atoms with Crippen molar-refractivity contribution in [2.45, 2.75) is 5.92 Å². The summed E-state index contributed by atoms with van der Waals surface area (Å²) in [5.74, 6) is -1.35. The Morgan fingerprint density at radius 1 is 1.16 bits per heavy atom. The van der Waals surface area contributed by atoms with Crippen LogP contribution in [0.25, 0.3) is 11.0 Å². The Kier molecular flexibility index (Phi) is 6.85. The number of methoxy groups -OCH3 is 1. The van der Waals surface area contributed by atoms with Gasteiger partial charge in [-0.2, -0.15) is 0 Å². The number of nitrogens with two attached hydrogens (primary N) is 1. The molecule has 0 unspecified atom stereocenters. The Hall–Kier alpha value is -3.78. The first-order valence-corrected chi connectivity index (χ1v) is 9.85. The molecule has 1 atom stereocenters. The normalized spacial score (nSPS) is 14.6. The highest BCUT2D eigenvalue weighted by atomic mass is 35.5.